The fourth-order valence-corrected chi connectivity index (χ4v) is 14.9. The highest BCUT2D eigenvalue weighted by atomic mass is 28.4. The van der Waals surface area contributed by atoms with Crippen molar-refractivity contribution in [2.45, 2.75) is 193 Å². The van der Waals surface area contributed by atoms with Crippen molar-refractivity contribution < 1.29 is 23.8 Å². The molecule has 3 rings (SSSR count). The smallest absolute Gasteiger partial charge is 0.410 e. The van der Waals surface area contributed by atoms with Gasteiger partial charge in [-0.05, 0) is 80.1 Å². The summed E-state index contributed by atoms with van der Waals surface area (Å²) in [6.07, 6.45) is 8.31. The Morgan fingerprint density at radius 1 is 0.695 bits per heavy atom. The fraction of sp³-hybridized carbons (Fsp3) is 0.588. The molecule has 0 radical (unpaired) electrons. The molecule has 0 fully saturated rings. The Morgan fingerprint density at radius 2 is 1.14 bits per heavy atom. The molecule has 328 valence electrons. The normalized spacial score (nSPS) is 14.5. The number of ether oxygens (including phenoxy) is 2. The Kier molecular flexibility index (Phi) is 20.8. The van der Waals surface area contributed by atoms with Gasteiger partial charge in [-0.15, -0.1) is 0 Å². The Morgan fingerprint density at radius 3 is 1.58 bits per heavy atom. The molecule has 0 unspecified atom stereocenters. The summed E-state index contributed by atoms with van der Waals surface area (Å²) in [5.41, 5.74) is 1.82. The second-order valence-electron chi connectivity index (χ2n) is 19.6. The first kappa shape index (κ1) is 50.3. The number of aliphatic hydroxyl groups excluding tert-OH is 1. The van der Waals surface area contributed by atoms with E-state index in [4.69, 9.17) is 13.9 Å². The predicted octanol–water partition coefficient (Wildman–Crippen LogP) is 12.3. The number of unbranched alkanes of at least 4 members (excludes halogenated alkanes) is 7. The van der Waals surface area contributed by atoms with Crippen LogP contribution in [0.2, 0.25) is 30.7 Å². The van der Waals surface area contributed by atoms with E-state index in [0.29, 0.717) is 13.0 Å². The van der Waals surface area contributed by atoms with E-state index in [1.807, 2.05) is 58.0 Å². The molecule has 1 N–H and O–H groups in total. The first-order valence-electron chi connectivity index (χ1n) is 22.7. The van der Waals surface area contributed by atoms with Crippen molar-refractivity contribution in [2.75, 3.05) is 0 Å². The highest BCUT2D eigenvalue weighted by molar-refractivity contribution is 6.99. The third-order valence-electron chi connectivity index (χ3n) is 11.4. The van der Waals surface area contributed by atoms with Gasteiger partial charge in [-0.3, -0.25) is 0 Å². The molecule has 3 aromatic carbocycles. The van der Waals surface area contributed by atoms with E-state index in [1.54, 1.807) is 4.90 Å². The van der Waals surface area contributed by atoms with Crippen molar-refractivity contribution >= 4 is 32.9 Å². The average Bonchev–Trinajstić information content (AvgIpc) is 3.17. The van der Waals surface area contributed by atoms with Gasteiger partial charge in [-0.1, -0.05) is 189 Å². The van der Waals surface area contributed by atoms with Gasteiger partial charge in [0.05, 0.1) is 12.7 Å². The van der Waals surface area contributed by atoms with Gasteiger partial charge in [-0.2, -0.15) is 0 Å². The lowest BCUT2D eigenvalue weighted by Gasteiger charge is -2.44. The van der Waals surface area contributed by atoms with E-state index in [9.17, 15) is 9.90 Å². The van der Waals surface area contributed by atoms with E-state index in [1.165, 1.54) is 42.5 Å². The highest BCUT2D eigenvalue weighted by Gasteiger charge is 2.51. The predicted molar refractivity (Wildman–Crippen MR) is 255 cm³/mol. The number of rotatable bonds is 26. The van der Waals surface area contributed by atoms with Crippen LogP contribution in [0.15, 0.2) is 103 Å². The second kappa shape index (κ2) is 24.4. The molecular formula is C51H81NO5Si2. The van der Waals surface area contributed by atoms with Gasteiger partial charge in [0.1, 0.15) is 6.10 Å². The van der Waals surface area contributed by atoms with Crippen LogP contribution in [0, 0.1) is 0 Å². The summed E-state index contributed by atoms with van der Waals surface area (Å²) >= 11 is 0. The molecule has 0 spiro atoms. The van der Waals surface area contributed by atoms with Crippen LogP contribution >= 0.6 is 0 Å². The summed E-state index contributed by atoms with van der Waals surface area (Å²) in [6, 6.07) is 32.6. The monoisotopic (exact) mass is 844 g/mol. The lowest BCUT2D eigenvalue weighted by atomic mass is 9.97. The molecule has 59 heavy (non-hydrogen) atoms. The summed E-state index contributed by atoms with van der Waals surface area (Å²) in [5, 5.41) is 14.7. The van der Waals surface area contributed by atoms with E-state index in [0.717, 1.165) is 42.9 Å². The van der Waals surface area contributed by atoms with Crippen LogP contribution in [0.5, 0.6) is 0 Å². The fourth-order valence-electron chi connectivity index (χ4n) is 8.58. The third kappa shape index (κ3) is 16.1. The number of benzene rings is 3. The first-order valence-corrected chi connectivity index (χ1v) is 28.3. The van der Waals surface area contributed by atoms with Gasteiger partial charge < -0.3 is 23.9 Å². The number of hydrogen-bond donors (Lipinski definition) is 1. The molecule has 0 aliphatic carbocycles. The van der Waals surface area contributed by atoms with Gasteiger partial charge in [0, 0.05) is 26.3 Å². The van der Waals surface area contributed by atoms with E-state index in [2.05, 4.69) is 115 Å². The standard InChI is InChI=1S/C51H81NO5Si2/c1-40(2)52(41(3)4)50(54)56-49(42(5)39-58(10,11)12)48(53)47(55-38-44-31-23-19-24-32-44)37-29-18-16-14-13-15-17-22-30-43(6)57-59(51(7,8)9,45-33-25-20-26-34-45)46-35-27-21-28-36-46/h19-21,23-28,31-36,40-41,43,47-49,53H,5,13-18,22,29-30,37-39H2,1-4,6-12H3/t43-,47+,48-,49+/m0/s1. The summed E-state index contributed by atoms with van der Waals surface area (Å²) in [7, 11) is -4.16. The number of carbonyl (C=O) groups is 1. The average molecular weight is 844 g/mol. The summed E-state index contributed by atoms with van der Waals surface area (Å²) < 4.78 is 20.0. The molecule has 3 aromatic rings. The SMILES string of the molecule is C=C(C[Si](C)(C)C)[C@@H](OC(=O)N(C(C)C)C(C)C)[C@@H](O)[C@@H](CCCCCCCCCC[C@H](C)O[Si](c1ccccc1)(c1ccccc1)C(C)(C)C)OCc1ccccc1. The van der Waals surface area contributed by atoms with Crippen LogP contribution in [0.25, 0.3) is 0 Å². The lowest BCUT2D eigenvalue weighted by Crippen LogP contribution is -2.67. The molecule has 0 aromatic heterocycles. The van der Waals surface area contributed by atoms with Crippen LogP contribution in [0.4, 0.5) is 4.79 Å². The van der Waals surface area contributed by atoms with Crippen LogP contribution in [-0.2, 0) is 20.5 Å². The molecule has 1 amide bonds. The van der Waals surface area contributed by atoms with Crippen molar-refractivity contribution in [2.24, 2.45) is 0 Å². The van der Waals surface area contributed by atoms with Gasteiger partial charge in [0.25, 0.3) is 8.32 Å². The van der Waals surface area contributed by atoms with Gasteiger partial charge in [0.2, 0.25) is 0 Å². The van der Waals surface area contributed by atoms with Crippen molar-refractivity contribution in [3.63, 3.8) is 0 Å². The minimum atomic E-state index is -2.54. The van der Waals surface area contributed by atoms with Crippen LogP contribution in [0.3, 0.4) is 0 Å². The maximum atomic E-state index is 13.6. The number of aliphatic hydroxyl groups is 1. The molecule has 4 atom stereocenters. The molecule has 8 heteroatoms. The minimum Gasteiger partial charge on any atom is -0.439 e. The summed E-state index contributed by atoms with van der Waals surface area (Å²) in [5.74, 6) is 0. The quantitative estimate of drug-likeness (QED) is 0.0495. The van der Waals surface area contributed by atoms with E-state index in [-0.39, 0.29) is 23.2 Å². The molecule has 0 heterocycles. The molecular weight excluding hydrogens is 763 g/mol. The third-order valence-corrected chi connectivity index (χ3v) is 18.0. The van der Waals surface area contributed by atoms with Crippen LogP contribution < -0.4 is 10.4 Å². The largest absolute Gasteiger partial charge is 0.439 e. The summed E-state index contributed by atoms with van der Waals surface area (Å²) in [4.78, 5) is 15.3. The minimum absolute atomic E-state index is 0.0181. The van der Waals surface area contributed by atoms with Crippen LogP contribution in [-0.4, -0.2) is 69.0 Å². The lowest BCUT2D eigenvalue weighted by molar-refractivity contribution is -0.0958. The molecule has 0 aliphatic rings. The Hall–Kier alpha value is -3.02. The maximum absolute atomic E-state index is 13.6. The zero-order chi connectivity index (χ0) is 43.6. The van der Waals surface area contributed by atoms with Crippen molar-refractivity contribution in [3.8, 4) is 0 Å². The summed E-state index contributed by atoms with van der Waals surface area (Å²) in [6.45, 7) is 28.9. The first-order chi connectivity index (χ1) is 27.9. The van der Waals surface area contributed by atoms with Gasteiger partial charge in [0.15, 0.2) is 6.10 Å². The second-order valence-corrected chi connectivity index (χ2v) is 29.3. The van der Waals surface area contributed by atoms with E-state index >= 15 is 0 Å². The Balaban J connectivity index is 1.55. The number of amides is 1. The molecule has 6 nitrogen and oxygen atoms in total. The topological polar surface area (TPSA) is 68.2 Å². The molecule has 0 bridgehead atoms. The Bertz CT molecular complexity index is 1570. The van der Waals surface area contributed by atoms with Crippen LogP contribution in [0.1, 0.15) is 125 Å². The zero-order valence-corrected chi connectivity index (χ0v) is 40.8. The maximum Gasteiger partial charge on any atom is 0.410 e. The van der Waals surface area contributed by atoms with E-state index < -0.39 is 40.8 Å². The van der Waals surface area contributed by atoms with Crippen molar-refractivity contribution in [3.05, 3.63) is 109 Å². The Labute approximate surface area is 362 Å². The number of nitrogens with zero attached hydrogens (tertiary/aromatic N) is 1. The van der Waals surface area contributed by atoms with Gasteiger partial charge in [-0.25, -0.2) is 4.79 Å². The molecule has 0 saturated heterocycles. The zero-order valence-electron chi connectivity index (χ0n) is 38.8. The highest BCUT2D eigenvalue weighted by Crippen LogP contribution is 2.38. The van der Waals surface area contributed by atoms with Gasteiger partial charge >= 0.3 is 6.09 Å². The van der Waals surface area contributed by atoms with Crippen molar-refractivity contribution in [1.29, 1.82) is 0 Å². The number of carbonyl (C=O) groups excluding carboxylic acids is 1. The van der Waals surface area contributed by atoms with Crippen molar-refractivity contribution in [1.82, 2.24) is 4.90 Å². The molecule has 0 saturated carbocycles. The molecule has 0 aliphatic heterocycles. The number of hydrogen-bond acceptors (Lipinski definition) is 5.